The molecule has 6 nitrogen and oxygen atoms in total. The fourth-order valence-corrected chi connectivity index (χ4v) is 4.87. The Morgan fingerprint density at radius 1 is 1.28 bits per heavy atom. The van der Waals surface area contributed by atoms with E-state index in [1.807, 2.05) is 26.8 Å². The highest BCUT2D eigenvalue weighted by Crippen LogP contribution is 2.22. The average molecular weight is 382 g/mol. The number of amides is 1. The third-order valence-corrected chi connectivity index (χ3v) is 6.83. The number of nitrogens with one attached hydrogen (secondary N) is 2. The van der Waals surface area contributed by atoms with Crippen molar-refractivity contribution in [3.05, 3.63) is 47.1 Å². The van der Waals surface area contributed by atoms with Gasteiger partial charge in [0.15, 0.2) is 0 Å². The van der Waals surface area contributed by atoms with Crippen molar-refractivity contribution in [1.82, 2.24) is 15.0 Å². The van der Waals surface area contributed by atoms with Crippen LogP contribution < -0.4 is 10.0 Å². The van der Waals surface area contributed by atoms with E-state index in [2.05, 4.69) is 15.0 Å². The number of pyridine rings is 1. The Hall–Kier alpha value is -1.77. The van der Waals surface area contributed by atoms with Crippen LogP contribution in [0.3, 0.4) is 0 Å². The van der Waals surface area contributed by atoms with Gasteiger partial charge >= 0.3 is 0 Å². The van der Waals surface area contributed by atoms with Crippen LogP contribution >= 0.6 is 11.3 Å². The van der Waals surface area contributed by atoms with Crippen LogP contribution in [0.25, 0.3) is 0 Å². The van der Waals surface area contributed by atoms with Crippen molar-refractivity contribution in [2.45, 2.75) is 44.0 Å². The van der Waals surface area contributed by atoms with E-state index >= 15 is 0 Å². The third-order valence-electron chi connectivity index (χ3n) is 3.67. The highest BCUT2D eigenvalue weighted by Gasteiger charge is 2.29. The minimum atomic E-state index is -3.73. The lowest BCUT2D eigenvalue weighted by molar-refractivity contribution is -0.123. The lowest BCUT2D eigenvalue weighted by Gasteiger charge is -2.21. The summed E-state index contributed by atoms with van der Waals surface area (Å²) in [4.78, 5) is 17.5. The number of rotatable bonds is 8. The Kier molecular flexibility index (Phi) is 6.69. The molecule has 0 aromatic carbocycles. The molecule has 0 fully saturated rings. The van der Waals surface area contributed by atoms with Gasteiger partial charge in [0.05, 0.1) is 0 Å². The first-order valence-corrected chi connectivity index (χ1v) is 10.4. The van der Waals surface area contributed by atoms with E-state index in [0.717, 1.165) is 16.9 Å². The number of aromatic nitrogens is 1. The summed E-state index contributed by atoms with van der Waals surface area (Å²) in [5.41, 5.74) is 0.854. The Morgan fingerprint density at radius 3 is 2.60 bits per heavy atom. The molecular formula is C17H23N3O3S2. The zero-order valence-corrected chi connectivity index (χ0v) is 16.2. The molecule has 0 saturated carbocycles. The van der Waals surface area contributed by atoms with E-state index in [1.165, 1.54) is 11.3 Å². The largest absolute Gasteiger partial charge is 0.351 e. The summed E-state index contributed by atoms with van der Waals surface area (Å²) < 4.78 is 27.9. The first kappa shape index (κ1) is 19.6. The number of aryl methyl sites for hydroxylation is 1. The first-order chi connectivity index (χ1) is 11.8. The van der Waals surface area contributed by atoms with E-state index in [9.17, 15) is 13.2 Å². The van der Waals surface area contributed by atoms with Crippen molar-refractivity contribution in [2.75, 3.05) is 0 Å². The highest BCUT2D eigenvalue weighted by molar-refractivity contribution is 7.91. The standard InChI is InChI=1S/C17H23N3O3S2/c1-4-14-7-8-15(24-14)25(22,23)20-16(12(2)3)17(21)19-11-13-6-5-9-18-10-13/h5-10,12,16,20H,4,11H2,1-3H3,(H,19,21)/t16-/m0/s1. The van der Waals surface area contributed by atoms with Crippen LogP contribution in [-0.2, 0) is 27.8 Å². The molecular weight excluding hydrogens is 358 g/mol. The SMILES string of the molecule is CCc1ccc(S(=O)(=O)N[C@H](C(=O)NCc2cccnc2)C(C)C)s1. The topological polar surface area (TPSA) is 88.2 Å². The lowest BCUT2D eigenvalue weighted by Crippen LogP contribution is -2.49. The molecule has 136 valence electrons. The smallest absolute Gasteiger partial charge is 0.250 e. The zero-order chi connectivity index (χ0) is 18.4. The molecule has 0 radical (unpaired) electrons. The van der Waals surface area contributed by atoms with Crippen LogP contribution in [0, 0.1) is 5.92 Å². The lowest BCUT2D eigenvalue weighted by atomic mass is 10.0. The van der Waals surface area contributed by atoms with Gasteiger partial charge in [0.1, 0.15) is 10.3 Å². The Bertz CT molecular complexity index is 802. The summed E-state index contributed by atoms with van der Waals surface area (Å²) in [6, 6.07) is 6.17. The van der Waals surface area contributed by atoms with Crippen molar-refractivity contribution >= 4 is 27.3 Å². The number of carbonyl (C=O) groups is 1. The zero-order valence-electron chi connectivity index (χ0n) is 14.5. The molecule has 2 heterocycles. The molecule has 0 unspecified atom stereocenters. The summed E-state index contributed by atoms with van der Waals surface area (Å²) >= 11 is 1.23. The monoisotopic (exact) mass is 381 g/mol. The number of hydrogen-bond acceptors (Lipinski definition) is 5. The molecule has 1 atom stereocenters. The van der Waals surface area contributed by atoms with E-state index in [0.29, 0.717) is 6.54 Å². The number of sulfonamides is 1. The van der Waals surface area contributed by atoms with Gasteiger partial charge in [-0.1, -0.05) is 26.8 Å². The van der Waals surface area contributed by atoms with Gasteiger partial charge in [-0.05, 0) is 36.1 Å². The molecule has 25 heavy (non-hydrogen) atoms. The molecule has 8 heteroatoms. The highest BCUT2D eigenvalue weighted by atomic mass is 32.2. The molecule has 2 rings (SSSR count). The number of carbonyl (C=O) groups excluding carboxylic acids is 1. The normalized spacial score (nSPS) is 13.0. The summed E-state index contributed by atoms with van der Waals surface area (Å²) in [6.45, 7) is 5.89. The second-order valence-corrected chi connectivity index (χ2v) is 9.11. The maximum Gasteiger partial charge on any atom is 0.250 e. The molecule has 0 aliphatic heterocycles. The van der Waals surface area contributed by atoms with Crippen molar-refractivity contribution in [1.29, 1.82) is 0 Å². The molecule has 0 aliphatic carbocycles. The third kappa shape index (κ3) is 5.35. The molecule has 0 spiro atoms. The van der Waals surface area contributed by atoms with Crippen LogP contribution in [0.4, 0.5) is 0 Å². The fourth-order valence-electron chi connectivity index (χ4n) is 2.21. The predicted molar refractivity (Wildman–Crippen MR) is 98.7 cm³/mol. The second-order valence-electron chi connectivity index (χ2n) is 6.00. The van der Waals surface area contributed by atoms with Crippen LogP contribution in [0.5, 0.6) is 0 Å². The molecule has 1 amide bonds. The van der Waals surface area contributed by atoms with Gasteiger partial charge in [0, 0.05) is 23.8 Å². The molecule has 2 aromatic heterocycles. The van der Waals surface area contributed by atoms with E-state index < -0.39 is 16.1 Å². The Morgan fingerprint density at radius 2 is 2.04 bits per heavy atom. The summed E-state index contributed by atoms with van der Waals surface area (Å²) in [5.74, 6) is -0.538. The van der Waals surface area contributed by atoms with Crippen molar-refractivity contribution in [3.8, 4) is 0 Å². The maximum absolute atomic E-state index is 12.6. The average Bonchev–Trinajstić information content (AvgIpc) is 3.08. The van der Waals surface area contributed by atoms with Gasteiger partial charge in [-0.3, -0.25) is 9.78 Å². The summed E-state index contributed by atoms with van der Waals surface area (Å²) in [5, 5.41) is 2.77. The first-order valence-electron chi connectivity index (χ1n) is 8.11. The molecule has 2 N–H and O–H groups in total. The number of thiophene rings is 1. The quantitative estimate of drug-likeness (QED) is 0.734. The van der Waals surface area contributed by atoms with Gasteiger partial charge in [-0.25, -0.2) is 8.42 Å². The van der Waals surface area contributed by atoms with E-state index in [1.54, 1.807) is 30.6 Å². The number of hydrogen-bond donors (Lipinski definition) is 2. The molecule has 2 aromatic rings. The molecule has 0 saturated heterocycles. The van der Waals surface area contributed by atoms with Gasteiger partial charge in [-0.2, -0.15) is 4.72 Å². The second kappa shape index (κ2) is 8.55. The molecule has 0 aliphatic rings. The van der Waals surface area contributed by atoms with Crippen LogP contribution in [0.1, 0.15) is 31.2 Å². The van der Waals surface area contributed by atoms with Crippen LogP contribution in [0.15, 0.2) is 40.9 Å². The van der Waals surface area contributed by atoms with Crippen LogP contribution in [0.2, 0.25) is 0 Å². The number of nitrogens with zero attached hydrogens (tertiary/aromatic N) is 1. The minimum absolute atomic E-state index is 0.186. The minimum Gasteiger partial charge on any atom is -0.351 e. The van der Waals surface area contributed by atoms with Gasteiger partial charge in [0.25, 0.3) is 10.0 Å². The van der Waals surface area contributed by atoms with Crippen molar-refractivity contribution in [2.24, 2.45) is 5.92 Å². The Balaban J connectivity index is 2.07. The van der Waals surface area contributed by atoms with E-state index in [4.69, 9.17) is 0 Å². The molecule has 0 bridgehead atoms. The van der Waals surface area contributed by atoms with Crippen LogP contribution in [-0.4, -0.2) is 25.4 Å². The maximum atomic E-state index is 12.6. The summed E-state index contributed by atoms with van der Waals surface area (Å²) in [6.07, 6.45) is 4.09. The van der Waals surface area contributed by atoms with Gasteiger partial charge in [-0.15, -0.1) is 11.3 Å². The Labute approximate surface area is 152 Å². The van der Waals surface area contributed by atoms with Gasteiger partial charge < -0.3 is 5.32 Å². The van der Waals surface area contributed by atoms with Gasteiger partial charge in [0.2, 0.25) is 5.91 Å². The van der Waals surface area contributed by atoms with E-state index in [-0.39, 0.29) is 16.0 Å². The predicted octanol–water partition coefficient (Wildman–Crippen LogP) is 2.32. The van der Waals surface area contributed by atoms with Crippen molar-refractivity contribution in [3.63, 3.8) is 0 Å². The van der Waals surface area contributed by atoms with Crippen molar-refractivity contribution < 1.29 is 13.2 Å². The fraction of sp³-hybridized carbons (Fsp3) is 0.412. The summed E-state index contributed by atoms with van der Waals surface area (Å²) in [7, 11) is -3.73.